The molecule has 0 saturated carbocycles. The molecule has 1 aliphatic heterocycles. The summed E-state index contributed by atoms with van der Waals surface area (Å²) in [7, 11) is 1.53. The molecule has 72 valence electrons. The van der Waals surface area contributed by atoms with E-state index in [0.29, 0.717) is 5.70 Å². The van der Waals surface area contributed by atoms with Gasteiger partial charge in [-0.2, -0.15) is 0 Å². The smallest absolute Gasteiger partial charge is 0.281 e. The van der Waals surface area contributed by atoms with Crippen LogP contribution in [0.2, 0.25) is 0 Å². The van der Waals surface area contributed by atoms with E-state index in [0.717, 1.165) is 0 Å². The van der Waals surface area contributed by atoms with Crippen molar-refractivity contribution in [3.05, 3.63) is 11.4 Å². The standard InChI is InChI=1S/C5H9F2N3.C2H6/c1-3-4(5(6)7)10(2)9-8-3;1-2/h5,8-9H,1-2H3;1-2H3. The molecule has 1 rings (SSSR count). The van der Waals surface area contributed by atoms with Crippen LogP contribution in [-0.4, -0.2) is 18.5 Å². The first-order chi connectivity index (χ1) is 5.63. The van der Waals surface area contributed by atoms with E-state index >= 15 is 0 Å². The van der Waals surface area contributed by atoms with Crippen LogP contribution in [0.4, 0.5) is 8.78 Å². The van der Waals surface area contributed by atoms with Crippen molar-refractivity contribution in [2.45, 2.75) is 27.2 Å². The summed E-state index contributed by atoms with van der Waals surface area (Å²) < 4.78 is 24.1. The van der Waals surface area contributed by atoms with Gasteiger partial charge < -0.3 is 5.43 Å². The largest absolute Gasteiger partial charge is 0.306 e. The summed E-state index contributed by atoms with van der Waals surface area (Å²) in [5.74, 6) is 0. The minimum absolute atomic E-state index is 0.000000000000000222. The number of alkyl halides is 2. The van der Waals surface area contributed by atoms with E-state index < -0.39 is 6.43 Å². The van der Waals surface area contributed by atoms with Crippen LogP contribution in [0.3, 0.4) is 0 Å². The molecule has 0 fully saturated rings. The number of nitrogens with zero attached hydrogens (tertiary/aromatic N) is 1. The minimum atomic E-state index is -2.42. The van der Waals surface area contributed by atoms with E-state index in [1.807, 2.05) is 13.8 Å². The molecule has 0 aliphatic carbocycles. The van der Waals surface area contributed by atoms with Crippen LogP contribution in [0, 0.1) is 0 Å². The Kier molecular flexibility index (Phi) is 4.58. The molecule has 0 unspecified atom stereocenters. The maximum atomic E-state index is 12.1. The molecule has 1 heterocycles. The van der Waals surface area contributed by atoms with Gasteiger partial charge in [0, 0.05) is 7.05 Å². The van der Waals surface area contributed by atoms with Crippen molar-refractivity contribution in [1.29, 1.82) is 0 Å². The zero-order chi connectivity index (χ0) is 9.72. The summed E-state index contributed by atoms with van der Waals surface area (Å²) >= 11 is 0. The van der Waals surface area contributed by atoms with E-state index in [1.165, 1.54) is 12.1 Å². The summed E-state index contributed by atoms with van der Waals surface area (Å²) in [6.07, 6.45) is -2.42. The predicted octanol–water partition coefficient (Wildman–Crippen LogP) is 1.46. The second-order valence-electron chi connectivity index (χ2n) is 2.11. The Morgan fingerprint density at radius 3 is 2.00 bits per heavy atom. The van der Waals surface area contributed by atoms with Crippen LogP contribution < -0.4 is 11.0 Å². The van der Waals surface area contributed by atoms with E-state index in [4.69, 9.17) is 0 Å². The first-order valence-corrected chi connectivity index (χ1v) is 3.87. The fraction of sp³-hybridized carbons (Fsp3) is 0.714. The first-order valence-electron chi connectivity index (χ1n) is 3.87. The minimum Gasteiger partial charge on any atom is -0.306 e. The van der Waals surface area contributed by atoms with Crippen molar-refractivity contribution in [2.75, 3.05) is 7.05 Å². The van der Waals surface area contributed by atoms with Crippen molar-refractivity contribution >= 4 is 0 Å². The van der Waals surface area contributed by atoms with Crippen molar-refractivity contribution in [2.24, 2.45) is 0 Å². The van der Waals surface area contributed by atoms with Gasteiger partial charge in [0.15, 0.2) is 0 Å². The molecule has 0 radical (unpaired) electrons. The van der Waals surface area contributed by atoms with Gasteiger partial charge in [-0.05, 0) is 6.92 Å². The van der Waals surface area contributed by atoms with Crippen LogP contribution in [-0.2, 0) is 0 Å². The van der Waals surface area contributed by atoms with E-state index in [9.17, 15) is 8.78 Å². The third kappa shape index (κ3) is 2.34. The van der Waals surface area contributed by atoms with Crippen LogP contribution in [0.1, 0.15) is 20.8 Å². The fourth-order valence-corrected chi connectivity index (χ4v) is 0.854. The number of rotatable bonds is 1. The monoisotopic (exact) mass is 179 g/mol. The molecule has 3 nitrogen and oxygen atoms in total. The van der Waals surface area contributed by atoms with Gasteiger partial charge in [-0.1, -0.05) is 13.8 Å². The third-order valence-corrected chi connectivity index (χ3v) is 1.36. The first kappa shape index (κ1) is 11.2. The Bertz CT molecular complexity index is 168. The molecule has 5 heteroatoms. The van der Waals surface area contributed by atoms with Gasteiger partial charge >= 0.3 is 0 Å². The molecule has 12 heavy (non-hydrogen) atoms. The normalized spacial score (nSPS) is 16.1. The molecule has 0 atom stereocenters. The van der Waals surface area contributed by atoms with Gasteiger partial charge in [0.25, 0.3) is 6.43 Å². The lowest BCUT2D eigenvalue weighted by Crippen LogP contribution is -2.35. The number of allylic oxidation sites excluding steroid dienone is 2. The van der Waals surface area contributed by atoms with E-state index in [2.05, 4.69) is 11.0 Å². The van der Waals surface area contributed by atoms with Crippen LogP contribution in [0.15, 0.2) is 11.4 Å². The highest BCUT2D eigenvalue weighted by molar-refractivity contribution is 5.13. The second-order valence-corrected chi connectivity index (χ2v) is 2.11. The second kappa shape index (κ2) is 4.92. The molecular weight excluding hydrogens is 164 g/mol. The molecule has 0 aromatic heterocycles. The van der Waals surface area contributed by atoms with Crippen molar-refractivity contribution in [1.82, 2.24) is 16.0 Å². The molecule has 0 amide bonds. The summed E-state index contributed by atoms with van der Waals surface area (Å²) in [5.41, 5.74) is 5.58. The highest BCUT2D eigenvalue weighted by Crippen LogP contribution is 2.16. The maximum absolute atomic E-state index is 12.1. The molecule has 0 aromatic carbocycles. The Morgan fingerprint density at radius 1 is 1.33 bits per heavy atom. The topological polar surface area (TPSA) is 27.3 Å². The molecule has 1 aliphatic rings. The lowest BCUT2D eigenvalue weighted by Gasteiger charge is -2.13. The lowest BCUT2D eigenvalue weighted by atomic mass is 10.3. The summed E-state index contributed by atoms with van der Waals surface area (Å²) in [4.78, 5) is 0. The van der Waals surface area contributed by atoms with E-state index in [-0.39, 0.29) is 5.70 Å². The van der Waals surface area contributed by atoms with Crippen LogP contribution in [0.25, 0.3) is 0 Å². The highest BCUT2D eigenvalue weighted by atomic mass is 19.3. The Hall–Kier alpha value is -0.840. The third-order valence-electron chi connectivity index (χ3n) is 1.36. The molecule has 0 bridgehead atoms. The van der Waals surface area contributed by atoms with Gasteiger partial charge in [-0.3, -0.25) is 5.01 Å². The number of hydrogen-bond acceptors (Lipinski definition) is 3. The average molecular weight is 179 g/mol. The number of hydrazine groups is 2. The number of halogens is 2. The van der Waals surface area contributed by atoms with Gasteiger partial charge in [0.05, 0.1) is 5.70 Å². The van der Waals surface area contributed by atoms with Crippen LogP contribution in [0.5, 0.6) is 0 Å². The Morgan fingerprint density at radius 2 is 1.83 bits per heavy atom. The highest BCUT2D eigenvalue weighted by Gasteiger charge is 2.23. The molecule has 0 spiro atoms. The van der Waals surface area contributed by atoms with Crippen molar-refractivity contribution in [3.8, 4) is 0 Å². The van der Waals surface area contributed by atoms with Crippen molar-refractivity contribution in [3.63, 3.8) is 0 Å². The van der Waals surface area contributed by atoms with Crippen LogP contribution >= 0.6 is 0 Å². The quantitative estimate of drug-likeness (QED) is 0.638. The molecule has 2 N–H and O–H groups in total. The molecular formula is C7H15F2N3. The Balaban J connectivity index is 0.000000561. The number of hydrogen-bond donors (Lipinski definition) is 2. The predicted molar refractivity (Wildman–Crippen MR) is 44.1 cm³/mol. The summed E-state index contributed by atoms with van der Waals surface area (Å²) in [6.45, 7) is 5.60. The van der Waals surface area contributed by atoms with Gasteiger partial charge in [0.2, 0.25) is 0 Å². The van der Waals surface area contributed by atoms with Gasteiger partial charge in [-0.15, -0.1) is 5.53 Å². The zero-order valence-electron chi connectivity index (χ0n) is 7.78. The summed E-state index contributed by atoms with van der Waals surface area (Å²) in [6, 6.07) is 0. The van der Waals surface area contributed by atoms with E-state index in [1.54, 1.807) is 6.92 Å². The fourth-order valence-electron chi connectivity index (χ4n) is 0.854. The zero-order valence-corrected chi connectivity index (χ0v) is 7.78. The van der Waals surface area contributed by atoms with Gasteiger partial charge in [-0.25, -0.2) is 8.78 Å². The molecule has 0 saturated heterocycles. The van der Waals surface area contributed by atoms with Crippen molar-refractivity contribution < 1.29 is 8.78 Å². The summed E-state index contributed by atoms with van der Waals surface area (Å²) in [5, 5.41) is 1.26. The lowest BCUT2D eigenvalue weighted by molar-refractivity contribution is 0.138. The number of nitrogens with one attached hydrogen (secondary N) is 2. The van der Waals surface area contributed by atoms with Gasteiger partial charge in [0.1, 0.15) is 5.70 Å². The average Bonchev–Trinajstić information content (AvgIpc) is 2.35. The maximum Gasteiger partial charge on any atom is 0.281 e. The SMILES string of the molecule is CC.CC1=C(C(F)F)N(C)NN1. The molecule has 0 aromatic rings. The Labute approximate surface area is 71.4 Å².